The Hall–Kier alpha value is -4.81. The molecule has 12 heteroatoms. The Morgan fingerprint density at radius 1 is 0.810 bits per heavy atom. The molecule has 5 aromatic rings. The summed E-state index contributed by atoms with van der Waals surface area (Å²) in [5.74, 6) is 0.828. The molecule has 0 saturated carbocycles. The zero-order valence-electron chi connectivity index (χ0n) is 23.4. The van der Waals surface area contributed by atoms with E-state index in [1.165, 1.54) is 22.6 Å². The third-order valence-corrected chi connectivity index (χ3v) is 7.69. The number of rotatable bonds is 8. The summed E-state index contributed by atoms with van der Waals surface area (Å²) in [5, 5.41) is 8.44. The van der Waals surface area contributed by atoms with Gasteiger partial charge in [-0.05, 0) is 49.7 Å². The van der Waals surface area contributed by atoms with E-state index in [2.05, 4.69) is 81.5 Å². The largest absolute Gasteiger partial charge is 0.369 e. The molecule has 212 valence electrons. The first-order chi connectivity index (χ1) is 20.5. The number of piperazine rings is 1. The molecule has 2 aromatic carbocycles. The van der Waals surface area contributed by atoms with E-state index >= 15 is 0 Å². The summed E-state index contributed by atoms with van der Waals surface area (Å²) < 4.78 is 0. The smallest absolute Gasteiger partial charge is 0.258 e. The molecule has 11 nitrogen and oxygen atoms in total. The fraction of sp³-hybridized carbons (Fsp3) is 0.233. The molecule has 0 radical (unpaired) electrons. The molecule has 1 fully saturated rings. The van der Waals surface area contributed by atoms with Crippen LogP contribution in [0.2, 0.25) is 0 Å². The first-order valence-electron chi connectivity index (χ1n) is 13.7. The van der Waals surface area contributed by atoms with Crippen LogP contribution in [0.3, 0.4) is 0 Å². The average Bonchev–Trinajstić information content (AvgIpc) is 3.54. The van der Waals surface area contributed by atoms with Gasteiger partial charge in [-0.25, -0.2) is 15.0 Å². The van der Waals surface area contributed by atoms with Crippen molar-refractivity contribution in [1.29, 1.82) is 0 Å². The van der Waals surface area contributed by atoms with Crippen LogP contribution in [0.1, 0.15) is 27.3 Å². The van der Waals surface area contributed by atoms with E-state index in [1.807, 2.05) is 29.6 Å². The predicted octanol–water partition coefficient (Wildman–Crippen LogP) is 4.72. The van der Waals surface area contributed by atoms with Crippen LogP contribution in [0.5, 0.6) is 0 Å². The summed E-state index contributed by atoms with van der Waals surface area (Å²) in [6.45, 7) is 8.66. The predicted molar refractivity (Wildman–Crippen MR) is 164 cm³/mol. The van der Waals surface area contributed by atoms with Gasteiger partial charge in [-0.3, -0.25) is 20.3 Å². The molecule has 1 aliphatic rings. The van der Waals surface area contributed by atoms with Crippen molar-refractivity contribution in [2.45, 2.75) is 20.4 Å². The van der Waals surface area contributed by atoms with Crippen LogP contribution in [-0.4, -0.2) is 66.9 Å². The van der Waals surface area contributed by atoms with E-state index in [1.54, 1.807) is 25.4 Å². The summed E-state index contributed by atoms with van der Waals surface area (Å²) in [7, 11) is 0. The van der Waals surface area contributed by atoms with E-state index in [4.69, 9.17) is 0 Å². The molecule has 0 spiro atoms. The number of aryl methyl sites for hydroxylation is 2. The molecule has 1 saturated heterocycles. The molecule has 6 rings (SSSR count). The highest BCUT2D eigenvalue weighted by Crippen LogP contribution is 2.21. The highest BCUT2D eigenvalue weighted by Gasteiger charge is 2.18. The SMILES string of the molecule is Cc1ccc(N2CCN(Cc3ccc(C(=O)Nc4nc(C)nc(Nc5nccc(-c6nccs6)n5)n4)cc3)CC2)cc1. The Bertz CT molecular complexity index is 1650. The maximum absolute atomic E-state index is 13.0. The van der Waals surface area contributed by atoms with Gasteiger partial charge in [0.1, 0.15) is 16.5 Å². The summed E-state index contributed by atoms with van der Waals surface area (Å²) in [4.78, 5) is 43.8. The van der Waals surface area contributed by atoms with E-state index in [0.717, 1.165) is 43.3 Å². The lowest BCUT2D eigenvalue weighted by molar-refractivity contribution is 0.102. The molecule has 0 unspecified atom stereocenters. The lowest BCUT2D eigenvalue weighted by Gasteiger charge is -2.36. The van der Waals surface area contributed by atoms with E-state index in [0.29, 0.717) is 23.0 Å². The molecule has 0 atom stereocenters. The summed E-state index contributed by atoms with van der Waals surface area (Å²) >= 11 is 1.49. The number of anilines is 4. The Morgan fingerprint density at radius 2 is 1.57 bits per heavy atom. The first-order valence-corrected chi connectivity index (χ1v) is 14.5. The molecule has 4 heterocycles. The molecule has 42 heavy (non-hydrogen) atoms. The van der Waals surface area contributed by atoms with Crippen LogP contribution in [0.4, 0.5) is 23.5 Å². The Balaban J connectivity index is 1.04. The van der Waals surface area contributed by atoms with Crippen molar-refractivity contribution in [1.82, 2.24) is 34.8 Å². The number of hydrogen-bond donors (Lipinski definition) is 2. The zero-order valence-corrected chi connectivity index (χ0v) is 24.2. The lowest BCUT2D eigenvalue weighted by Crippen LogP contribution is -2.45. The molecule has 3 aromatic heterocycles. The van der Waals surface area contributed by atoms with Gasteiger partial charge >= 0.3 is 0 Å². The van der Waals surface area contributed by atoms with Crippen LogP contribution in [0.15, 0.2) is 72.4 Å². The first kappa shape index (κ1) is 27.4. The van der Waals surface area contributed by atoms with Gasteiger partial charge in [-0.15, -0.1) is 11.3 Å². The van der Waals surface area contributed by atoms with Crippen molar-refractivity contribution >= 4 is 40.8 Å². The van der Waals surface area contributed by atoms with Crippen LogP contribution >= 0.6 is 11.3 Å². The monoisotopic (exact) mass is 578 g/mol. The number of nitrogens with zero attached hydrogens (tertiary/aromatic N) is 8. The van der Waals surface area contributed by atoms with Crippen LogP contribution < -0.4 is 15.5 Å². The summed E-state index contributed by atoms with van der Waals surface area (Å²) in [5.41, 5.74) is 4.93. The second-order valence-corrected chi connectivity index (χ2v) is 10.9. The third-order valence-electron chi connectivity index (χ3n) is 6.90. The number of hydrogen-bond acceptors (Lipinski definition) is 11. The second kappa shape index (κ2) is 12.4. The van der Waals surface area contributed by atoms with Gasteiger partial charge in [0, 0.05) is 61.7 Å². The van der Waals surface area contributed by atoms with Gasteiger partial charge < -0.3 is 4.90 Å². The second-order valence-electron chi connectivity index (χ2n) is 10.0. The van der Waals surface area contributed by atoms with Crippen molar-refractivity contribution in [3.05, 3.63) is 94.9 Å². The van der Waals surface area contributed by atoms with Crippen LogP contribution in [-0.2, 0) is 6.54 Å². The van der Waals surface area contributed by atoms with E-state index < -0.39 is 0 Å². The minimum atomic E-state index is -0.299. The minimum absolute atomic E-state index is 0.140. The zero-order chi connectivity index (χ0) is 28.9. The van der Waals surface area contributed by atoms with Crippen molar-refractivity contribution in [3.63, 3.8) is 0 Å². The third kappa shape index (κ3) is 6.73. The molecular formula is C30H30N10OS. The Kier molecular flexibility index (Phi) is 8.06. The molecular weight excluding hydrogens is 548 g/mol. The number of aromatic nitrogens is 6. The van der Waals surface area contributed by atoms with Gasteiger partial charge in [0.2, 0.25) is 17.8 Å². The van der Waals surface area contributed by atoms with Crippen molar-refractivity contribution in [3.8, 4) is 10.7 Å². The standard InChI is InChI=1S/C30H30N10OS/c1-20-3-9-24(10-4-20)40-16-14-39(15-17-40)19-22-5-7-23(8-6-22)26(41)36-29-33-21(2)34-30(38-29)37-28-32-12-11-25(35-28)27-31-13-18-42-27/h3-13,18H,14-17,19H2,1-2H3,(H2,32,33,34,35,36,37,38,41). The fourth-order valence-corrected chi connectivity index (χ4v) is 5.30. The number of carbonyl (C=O) groups is 1. The van der Waals surface area contributed by atoms with Gasteiger partial charge in [0.05, 0.1) is 0 Å². The maximum atomic E-state index is 13.0. The maximum Gasteiger partial charge on any atom is 0.258 e. The number of thiazole rings is 1. The van der Waals surface area contributed by atoms with Gasteiger partial charge in [0.25, 0.3) is 5.91 Å². The topological polar surface area (TPSA) is 125 Å². The number of nitrogens with one attached hydrogen (secondary N) is 2. The molecule has 1 amide bonds. The average molecular weight is 579 g/mol. The lowest BCUT2D eigenvalue weighted by atomic mass is 10.1. The highest BCUT2D eigenvalue weighted by atomic mass is 32.1. The van der Waals surface area contributed by atoms with Crippen molar-refractivity contribution in [2.24, 2.45) is 0 Å². The van der Waals surface area contributed by atoms with Gasteiger partial charge in [-0.1, -0.05) is 29.8 Å². The number of carbonyl (C=O) groups excluding carboxylic acids is 1. The summed E-state index contributed by atoms with van der Waals surface area (Å²) in [6.07, 6.45) is 3.36. The number of benzene rings is 2. The van der Waals surface area contributed by atoms with Crippen LogP contribution in [0, 0.1) is 13.8 Å². The molecule has 1 aliphatic heterocycles. The van der Waals surface area contributed by atoms with Gasteiger partial charge in [-0.2, -0.15) is 15.0 Å². The molecule has 2 N–H and O–H groups in total. The van der Waals surface area contributed by atoms with Crippen LogP contribution in [0.25, 0.3) is 10.7 Å². The van der Waals surface area contributed by atoms with E-state index in [-0.39, 0.29) is 17.8 Å². The molecule has 0 aliphatic carbocycles. The molecule has 0 bridgehead atoms. The quantitative estimate of drug-likeness (QED) is 0.267. The van der Waals surface area contributed by atoms with Crippen molar-refractivity contribution < 1.29 is 4.79 Å². The minimum Gasteiger partial charge on any atom is -0.369 e. The van der Waals surface area contributed by atoms with E-state index in [9.17, 15) is 4.79 Å². The highest BCUT2D eigenvalue weighted by molar-refractivity contribution is 7.13. The normalized spacial score (nSPS) is 13.6. The number of amides is 1. The Morgan fingerprint density at radius 3 is 2.31 bits per heavy atom. The Labute approximate surface area is 247 Å². The fourth-order valence-electron chi connectivity index (χ4n) is 4.69. The van der Waals surface area contributed by atoms with Crippen molar-refractivity contribution in [2.75, 3.05) is 41.7 Å². The summed E-state index contributed by atoms with van der Waals surface area (Å²) in [6, 6.07) is 18.2. The van der Waals surface area contributed by atoms with Gasteiger partial charge in [0.15, 0.2) is 0 Å².